The summed E-state index contributed by atoms with van der Waals surface area (Å²) >= 11 is 0. The van der Waals surface area contributed by atoms with Gasteiger partial charge in [-0.15, -0.1) is 0 Å². The van der Waals surface area contributed by atoms with E-state index in [-0.39, 0.29) is 30.7 Å². The molecule has 1 unspecified atom stereocenters. The van der Waals surface area contributed by atoms with Crippen LogP contribution >= 0.6 is 0 Å². The quantitative estimate of drug-likeness (QED) is 0.540. The summed E-state index contributed by atoms with van der Waals surface area (Å²) in [5.74, 6) is -2.19. The summed E-state index contributed by atoms with van der Waals surface area (Å²) < 4.78 is 0. The van der Waals surface area contributed by atoms with Crippen molar-refractivity contribution >= 4 is 23.5 Å². The van der Waals surface area contributed by atoms with Gasteiger partial charge in [0.2, 0.25) is 5.91 Å². The Bertz CT molecular complexity index is 499. The van der Waals surface area contributed by atoms with Crippen molar-refractivity contribution in [1.82, 2.24) is 20.9 Å². The zero-order chi connectivity index (χ0) is 16.3. The molecular formula is C14H22N4O4. The Labute approximate surface area is 129 Å². The van der Waals surface area contributed by atoms with E-state index in [0.29, 0.717) is 13.1 Å². The van der Waals surface area contributed by atoms with E-state index in [1.165, 1.54) is 4.90 Å². The number of carbonyl (C=O) groups excluding carboxylic acids is 4. The predicted octanol–water partition coefficient (Wildman–Crippen LogP) is -1.63. The molecule has 0 aromatic rings. The number of ketones is 1. The highest BCUT2D eigenvalue weighted by Gasteiger charge is 2.46. The monoisotopic (exact) mass is 310 g/mol. The van der Waals surface area contributed by atoms with Gasteiger partial charge in [-0.2, -0.15) is 0 Å². The Morgan fingerprint density at radius 3 is 2.41 bits per heavy atom. The molecule has 2 fully saturated rings. The number of Topliss-reactive ketones (excluding diaryl/α,β-unsaturated/α-hetero) is 1. The molecule has 0 bridgehead atoms. The molecule has 8 heteroatoms. The van der Waals surface area contributed by atoms with Crippen LogP contribution in [0.4, 0.5) is 0 Å². The minimum Gasteiger partial charge on any atom is -0.341 e. The van der Waals surface area contributed by atoms with Crippen LogP contribution in [0.5, 0.6) is 0 Å². The summed E-state index contributed by atoms with van der Waals surface area (Å²) in [4.78, 5) is 49.0. The fourth-order valence-corrected chi connectivity index (χ4v) is 2.81. The average molecular weight is 310 g/mol. The molecule has 122 valence electrons. The summed E-state index contributed by atoms with van der Waals surface area (Å²) in [5.41, 5.74) is -1.18. The average Bonchev–Trinajstić information content (AvgIpc) is 3.13. The lowest BCUT2D eigenvalue weighted by Gasteiger charge is -2.31. The number of hydrogen-bond acceptors (Lipinski definition) is 5. The second kappa shape index (κ2) is 6.43. The number of hydrogen-bond donors (Lipinski definition) is 3. The third-order valence-electron chi connectivity index (χ3n) is 4.17. The summed E-state index contributed by atoms with van der Waals surface area (Å²) in [6.45, 7) is 4.51. The SMILES string of the molecule is CC(C)C1(C(=O)CNC(=O)C(=O)N2CCCC2)NCC(=O)N1. The molecule has 2 heterocycles. The number of rotatable bonds is 4. The summed E-state index contributed by atoms with van der Waals surface area (Å²) in [7, 11) is 0. The van der Waals surface area contributed by atoms with Crippen LogP contribution < -0.4 is 16.0 Å². The fourth-order valence-electron chi connectivity index (χ4n) is 2.81. The van der Waals surface area contributed by atoms with Gasteiger partial charge >= 0.3 is 11.8 Å². The van der Waals surface area contributed by atoms with Crippen LogP contribution in [0.2, 0.25) is 0 Å². The smallest absolute Gasteiger partial charge is 0.311 e. The van der Waals surface area contributed by atoms with E-state index < -0.39 is 17.5 Å². The zero-order valence-electron chi connectivity index (χ0n) is 12.9. The molecule has 3 N–H and O–H groups in total. The molecule has 0 radical (unpaired) electrons. The molecule has 0 aliphatic carbocycles. The molecule has 3 amide bonds. The van der Waals surface area contributed by atoms with Crippen molar-refractivity contribution in [3.05, 3.63) is 0 Å². The number of nitrogens with one attached hydrogen (secondary N) is 3. The molecule has 0 aromatic heterocycles. The van der Waals surface area contributed by atoms with Gasteiger partial charge in [0.1, 0.15) is 0 Å². The molecule has 2 aliphatic rings. The third-order valence-corrected chi connectivity index (χ3v) is 4.17. The van der Waals surface area contributed by atoms with E-state index in [0.717, 1.165) is 12.8 Å². The summed E-state index contributed by atoms with van der Waals surface area (Å²) in [6.07, 6.45) is 1.79. The molecule has 0 aromatic carbocycles. The second-order valence-corrected chi connectivity index (χ2v) is 5.97. The largest absolute Gasteiger partial charge is 0.341 e. The number of amides is 3. The number of nitrogens with zero attached hydrogens (tertiary/aromatic N) is 1. The van der Waals surface area contributed by atoms with Crippen molar-refractivity contribution in [1.29, 1.82) is 0 Å². The van der Waals surface area contributed by atoms with Crippen molar-refractivity contribution in [3.63, 3.8) is 0 Å². The van der Waals surface area contributed by atoms with Gasteiger partial charge in [-0.1, -0.05) is 13.8 Å². The van der Waals surface area contributed by atoms with E-state index >= 15 is 0 Å². The number of likely N-dealkylation sites (tertiary alicyclic amines) is 1. The minimum atomic E-state index is -1.18. The van der Waals surface area contributed by atoms with Crippen LogP contribution in [0.1, 0.15) is 26.7 Å². The van der Waals surface area contributed by atoms with E-state index in [1.54, 1.807) is 13.8 Å². The van der Waals surface area contributed by atoms with Gasteiger partial charge in [0, 0.05) is 13.1 Å². The van der Waals surface area contributed by atoms with Gasteiger partial charge < -0.3 is 15.5 Å². The van der Waals surface area contributed by atoms with Gasteiger partial charge in [-0.3, -0.25) is 24.5 Å². The summed E-state index contributed by atoms with van der Waals surface area (Å²) in [5, 5.41) is 7.86. The molecule has 2 rings (SSSR count). The first-order valence-corrected chi connectivity index (χ1v) is 7.53. The van der Waals surface area contributed by atoms with Gasteiger partial charge in [-0.05, 0) is 18.8 Å². The van der Waals surface area contributed by atoms with Crippen LogP contribution in [0.3, 0.4) is 0 Å². The molecule has 2 saturated heterocycles. The normalized spacial score (nSPS) is 24.5. The highest BCUT2D eigenvalue weighted by Crippen LogP contribution is 2.18. The maximum Gasteiger partial charge on any atom is 0.311 e. The summed E-state index contributed by atoms with van der Waals surface area (Å²) in [6, 6.07) is 0. The van der Waals surface area contributed by atoms with Gasteiger partial charge in [0.05, 0.1) is 13.1 Å². The van der Waals surface area contributed by atoms with E-state index in [9.17, 15) is 19.2 Å². The Balaban J connectivity index is 1.92. The molecule has 0 spiro atoms. The predicted molar refractivity (Wildman–Crippen MR) is 77.5 cm³/mol. The Morgan fingerprint density at radius 2 is 1.91 bits per heavy atom. The maximum absolute atomic E-state index is 12.4. The molecule has 2 aliphatic heterocycles. The zero-order valence-corrected chi connectivity index (χ0v) is 12.9. The molecule has 0 saturated carbocycles. The van der Waals surface area contributed by atoms with Crippen molar-refractivity contribution in [3.8, 4) is 0 Å². The van der Waals surface area contributed by atoms with Crippen LogP contribution in [0.15, 0.2) is 0 Å². The van der Waals surface area contributed by atoms with E-state index in [2.05, 4.69) is 16.0 Å². The van der Waals surface area contributed by atoms with Crippen LogP contribution in [-0.2, 0) is 19.2 Å². The van der Waals surface area contributed by atoms with Gasteiger partial charge in [0.15, 0.2) is 11.4 Å². The minimum absolute atomic E-state index is 0.0601. The Hall–Kier alpha value is -1.96. The topological polar surface area (TPSA) is 108 Å². The van der Waals surface area contributed by atoms with E-state index in [4.69, 9.17) is 0 Å². The van der Waals surface area contributed by atoms with Gasteiger partial charge in [0.25, 0.3) is 0 Å². The number of carbonyl (C=O) groups is 4. The molecular weight excluding hydrogens is 288 g/mol. The van der Waals surface area contributed by atoms with Crippen molar-refractivity contribution in [2.45, 2.75) is 32.4 Å². The van der Waals surface area contributed by atoms with Crippen molar-refractivity contribution < 1.29 is 19.2 Å². The van der Waals surface area contributed by atoms with Crippen molar-refractivity contribution in [2.24, 2.45) is 5.92 Å². The standard InChI is InChI=1S/C14H22N4O4/c1-9(2)14(16-8-11(20)17-14)10(19)7-15-12(21)13(22)18-5-3-4-6-18/h9,16H,3-8H2,1-2H3,(H,15,21)(H,17,20). The van der Waals surface area contributed by atoms with Gasteiger partial charge in [-0.25, -0.2) is 0 Å². The van der Waals surface area contributed by atoms with Crippen molar-refractivity contribution in [2.75, 3.05) is 26.2 Å². The Kier molecular flexibility index (Phi) is 4.80. The maximum atomic E-state index is 12.4. The lowest BCUT2D eigenvalue weighted by Crippen LogP contribution is -2.63. The second-order valence-electron chi connectivity index (χ2n) is 5.97. The van der Waals surface area contributed by atoms with Crippen LogP contribution in [-0.4, -0.2) is 60.2 Å². The fraction of sp³-hybridized carbons (Fsp3) is 0.714. The first-order valence-electron chi connectivity index (χ1n) is 7.53. The third kappa shape index (κ3) is 3.11. The highest BCUT2D eigenvalue weighted by molar-refractivity contribution is 6.35. The lowest BCUT2D eigenvalue weighted by molar-refractivity contribution is -0.145. The molecule has 1 atom stereocenters. The molecule has 8 nitrogen and oxygen atoms in total. The molecule has 22 heavy (non-hydrogen) atoms. The Morgan fingerprint density at radius 1 is 1.27 bits per heavy atom. The highest BCUT2D eigenvalue weighted by atomic mass is 16.2. The van der Waals surface area contributed by atoms with E-state index in [1.807, 2.05) is 0 Å². The van der Waals surface area contributed by atoms with Crippen LogP contribution in [0.25, 0.3) is 0 Å². The first kappa shape index (κ1) is 16.4. The first-order chi connectivity index (χ1) is 10.4. The lowest BCUT2D eigenvalue weighted by atomic mass is 9.92. The van der Waals surface area contributed by atoms with Crippen LogP contribution in [0, 0.1) is 5.92 Å².